The van der Waals surface area contributed by atoms with E-state index in [1.807, 2.05) is 96.1 Å². The molecular formula is C69H86N14O8. The minimum absolute atomic E-state index is 0.0980. The van der Waals surface area contributed by atoms with Gasteiger partial charge in [0, 0.05) is 116 Å². The second kappa shape index (κ2) is 27.5. The topological polar surface area (TPSA) is 242 Å². The number of carbonyl (C=O) groups is 3. The Kier molecular flexibility index (Phi) is 19.3. The largest absolute Gasteiger partial charge is 0.465 e. The second-order valence-electron chi connectivity index (χ2n) is 27.0. The summed E-state index contributed by atoms with van der Waals surface area (Å²) in [6.07, 6.45) is 5.43. The van der Waals surface area contributed by atoms with Crippen LogP contribution in [-0.4, -0.2) is 175 Å². The van der Waals surface area contributed by atoms with Gasteiger partial charge in [0.1, 0.15) is 36.3 Å². The Hall–Kier alpha value is -8.57. The van der Waals surface area contributed by atoms with Crippen LogP contribution in [0, 0.1) is 33.5 Å². The van der Waals surface area contributed by atoms with Gasteiger partial charge in [-0.15, -0.1) is 0 Å². The molecule has 480 valence electrons. The number of rotatable bonds is 14. The standard InChI is InChI=1S/C35H43N7O5.C34H43N7O3/c1-35(2,3)32(43)47-26-18-23-8-5-6-10-27(23)30(19-26)40-15-12-28-29(21-40)37-33(46-22-25-9-7-14-39(25)4)38-31(28)41-16-17-42(34(44)45)24(20-41)11-13-36;1-34(2,3)32(42)44-26-18-23-8-5-6-10-27(23)30(19-26)40-16-12-28-29(21-40)37-33(43-22-25-9-7-15-39(25)4)38-31(28)41-17-14-36-24(20-41)11-13-35/h5-6,8,10,18-19,24-25H,7,9,11-12,14-17,20-22H2,1-4H3,(H,44,45);5-6,8,10,18-19,24-25,36H,7,9,11-12,14-17,20-22H2,1-4H3/t2*24?,25-/m00/s1. The van der Waals surface area contributed by atoms with Crippen LogP contribution in [0.15, 0.2) is 72.8 Å². The van der Waals surface area contributed by atoms with Crippen molar-refractivity contribution in [1.29, 1.82) is 10.5 Å². The molecule has 2 unspecified atom stereocenters. The van der Waals surface area contributed by atoms with Gasteiger partial charge in [-0.05, 0) is 130 Å². The van der Waals surface area contributed by atoms with Crippen LogP contribution >= 0.6 is 0 Å². The first-order valence-electron chi connectivity index (χ1n) is 32.1. The number of piperazine rings is 2. The Morgan fingerprint density at radius 3 is 1.53 bits per heavy atom. The van der Waals surface area contributed by atoms with E-state index >= 15 is 0 Å². The number of carboxylic acid groups (broad SMARTS) is 1. The fourth-order valence-electron chi connectivity index (χ4n) is 13.1. The summed E-state index contributed by atoms with van der Waals surface area (Å²) in [5.41, 5.74) is 4.65. The zero-order valence-corrected chi connectivity index (χ0v) is 53.9. The van der Waals surface area contributed by atoms with Crippen LogP contribution < -0.4 is 43.9 Å². The summed E-state index contributed by atoms with van der Waals surface area (Å²) < 4.78 is 24.3. The van der Waals surface area contributed by atoms with Crippen LogP contribution in [0.1, 0.15) is 103 Å². The van der Waals surface area contributed by atoms with Gasteiger partial charge in [0.05, 0.1) is 66.3 Å². The Labute approximate surface area is 533 Å². The van der Waals surface area contributed by atoms with Crippen LogP contribution in [0.5, 0.6) is 23.5 Å². The highest BCUT2D eigenvalue weighted by Crippen LogP contribution is 2.40. The predicted molar refractivity (Wildman–Crippen MR) is 349 cm³/mol. The van der Waals surface area contributed by atoms with Crippen molar-refractivity contribution in [3.63, 3.8) is 0 Å². The van der Waals surface area contributed by atoms with E-state index < -0.39 is 23.0 Å². The van der Waals surface area contributed by atoms with E-state index in [9.17, 15) is 30.0 Å². The normalized spacial score (nSPS) is 20.5. The zero-order chi connectivity index (χ0) is 64.1. The van der Waals surface area contributed by atoms with E-state index in [4.69, 9.17) is 38.9 Å². The number of carbonyl (C=O) groups excluding carboxylic acids is 2. The lowest BCUT2D eigenvalue weighted by molar-refractivity contribution is -0.143. The molecule has 6 aliphatic rings. The van der Waals surface area contributed by atoms with Gasteiger partial charge in [-0.25, -0.2) is 4.79 Å². The number of fused-ring (bicyclic) bond motifs is 4. The van der Waals surface area contributed by atoms with Crippen molar-refractivity contribution in [2.24, 2.45) is 10.8 Å². The molecule has 0 radical (unpaired) electrons. The molecule has 1 amide bonds. The first kappa shape index (κ1) is 64.0. The number of anilines is 4. The third-order valence-electron chi connectivity index (χ3n) is 18.4. The summed E-state index contributed by atoms with van der Waals surface area (Å²) in [6, 6.07) is 29.5. The smallest absolute Gasteiger partial charge is 0.407 e. The summed E-state index contributed by atoms with van der Waals surface area (Å²) in [5.74, 6) is 2.15. The highest BCUT2D eigenvalue weighted by atomic mass is 16.5. The molecule has 4 saturated heterocycles. The van der Waals surface area contributed by atoms with Gasteiger partial charge < -0.3 is 63.7 Å². The van der Waals surface area contributed by atoms with Crippen LogP contribution in [0.25, 0.3) is 21.5 Å². The molecule has 91 heavy (non-hydrogen) atoms. The molecule has 0 saturated carbocycles. The van der Waals surface area contributed by atoms with Crippen molar-refractivity contribution in [3.05, 3.63) is 95.3 Å². The van der Waals surface area contributed by atoms with Crippen molar-refractivity contribution in [1.82, 2.24) is 40.0 Å². The highest BCUT2D eigenvalue weighted by Gasteiger charge is 2.36. The number of hydrogen-bond acceptors (Lipinski definition) is 20. The molecule has 4 atom stereocenters. The lowest BCUT2D eigenvalue weighted by Gasteiger charge is -2.41. The van der Waals surface area contributed by atoms with Gasteiger partial charge in [0.2, 0.25) is 0 Å². The Morgan fingerprint density at radius 2 is 1.08 bits per heavy atom. The molecular weight excluding hydrogens is 1150 g/mol. The first-order valence-corrected chi connectivity index (χ1v) is 32.1. The number of nitrogens with zero attached hydrogens (tertiary/aromatic N) is 13. The van der Waals surface area contributed by atoms with Gasteiger partial charge in [-0.3, -0.25) is 9.59 Å². The fraction of sp³-hybridized carbons (Fsp3) is 0.522. The molecule has 22 heteroatoms. The maximum absolute atomic E-state index is 12.8. The highest BCUT2D eigenvalue weighted by molar-refractivity contribution is 5.97. The number of nitriles is 2. The quantitative estimate of drug-likeness (QED) is 0.0763. The van der Waals surface area contributed by atoms with Crippen LogP contribution in [0.4, 0.5) is 27.8 Å². The minimum Gasteiger partial charge on any atom is -0.465 e. The van der Waals surface area contributed by atoms with Crippen molar-refractivity contribution >= 4 is 62.6 Å². The number of hydrogen-bond donors (Lipinski definition) is 2. The maximum atomic E-state index is 12.8. The second-order valence-corrected chi connectivity index (χ2v) is 27.0. The number of nitrogens with one attached hydrogen (secondary N) is 1. The lowest BCUT2D eigenvalue weighted by Crippen LogP contribution is -2.55. The maximum Gasteiger partial charge on any atom is 0.407 e. The molecule has 8 heterocycles. The van der Waals surface area contributed by atoms with Crippen LogP contribution in [0.2, 0.25) is 0 Å². The third kappa shape index (κ3) is 14.8. The van der Waals surface area contributed by atoms with Crippen LogP contribution in [0.3, 0.4) is 0 Å². The number of esters is 2. The molecule has 6 aliphatic heterocycles. The van der Waals surface area contributed by atoms with Gasteiger partial charge >= 0.3 is 30.1 Å². The van der Waals surface area contributed by atoms with Crippen molar-refractivity contribution in [3.8, 4) is 35.7 Å². The fourth-order valence-corrected chi connectivity index (χ4v) is 13.1. The Balaban J connectivity index is 0.000000187. The molecule has 4 aromatic carbocycles. The van der Waals surface area contributed by atoms with E-state index in [1.54, 1.807) is 0 Å². The van der Waals surface area contributed by atoms with E-state index in [0.29, 0.717) is 94.4 Å². The number of aromatic nitrogens is 4. The van der Waals surface area contributed by atoms with Crippen molar-refractivity contribution in [2.75, 3.05) is 112 Å². The van der Waals surface area contributed by atoms with Crippen molar-refractivity contribution < 1.29 is 38.4 Å². The number of amides is 1. The summed E-state index contributed by atoms with van der Waals surface area (Å²) in [5, 5.41) is 36.2. The zero-order valence-electron chi connectivity index (χ0n) is 53.9. The molecule has 12 rings (SSSR count). The summed E-state index contributed by atoms with van der Waals surface area (Å²) in [7, 11) is 4.25. The molecule has 0 aliphatic carbocycles. The Morgan fingerprint density at radius 1 is 0.593 bits per heavy atom. The number of likely N-dealkylation sites (tertiary alicyclic amines) is 2. The monoisotopic (exact) mass is 1240 g/mol. The third-order valence-corrected chi connectivity index (χ3v) is 18.4. The number of likely N-dealkylation sites (N-methyl/N-ethyl adjacent to an activating group) is 2. The predicted octanol–water partition coefficient (Wildman–Crippen LogP) is 9.01. The summed E-state index contributed by atoms with van der Waals surface area (Å²) in [6.45, 7) is 20.2. The van der Waals surface area contributed by atoms with Gasteiger partial charge in [0.25, 0.3) is 0 Å². The molecule has 0 spiro atoms. The van der Waals surface area contributed by atoms with Gasteiger partial charge in [0.15, 0.2) is 0 Å². The molecule has 4 fully saturated rings. The average Bonchev–Trinajstić information content (AvgIpc) is 2.08. The summed E-state index contributed by atoms with van der Waals surface area (Å²) in [4.78, 5) is 72.3. The summed E-state index contributed by atoms with van der Waals surface area (Å²) >= 11 is 0. The van der Waals surface area contributed by atoms with E-state index in [1.165, 1.54) is 11.3 Å². The Bertz CT molecular complexity index is 3740. The SMILES string of the molecule is CN1CCC[C@H]1COc1nc2c(c(N3CCN(C(=O)O)C(CC#N)C3)n1)CCN(c1cc(OC(=O)C(C)(C)C)cc3ccccc13)C2.CN1CCC[C@H]1COc1nc2c(c(N3CCNC(CC#N)C3)n1)CCN(c1cc(OC(=O)C(C)(C)C)cc3ccccc13)C2. The van der Waals surface area contributed by atoms with Crippen molar-refractivity contribution in [2.45, 2.75) is 130 Å². The molecule has 2 N–H and O–H groups in total. The molecule has 0 bridgehead atoms. The lowest BCUT2D eigenvalue weighted by atomic mass is 9.97. The number of ether oxygens (including phenoxy) is 4. The average molecular weight is 1240 g/mol. The molecule has 2 aromatic heterocycles. The van der Waals surface area contributed by atoms with E-state index in [0.717, 1.165) is 132 Å². The number of benzene rings is 4. The first-order chi connectivity index (χ1) is 43.7. The minimum atomic E-state index is -1.02. The van der Waals surface area contributed by atoms with E-state index in [-0.39, 0.29) is 30.9 Å². The van der Waals surface area contributed by atoms with E-state index in [2.05, 4.69) is 79.1 Å². The van der Waals surface area contributed by atoms with Gasteiger partial charge in [-0.1, -0.05) is 48.5 Å². The van der Waals surface area contributed by atoms with Crippen LogP contribution in [-0.2, 0) is 35.5 Å². The van der Waals surface area contributed by atoms with Gasteiger partial charge in [-0.2, -0.15) is 30.5 Å². The molecule has 6 aromatic rings. The molecule has 22 nitrogen and oxygen atoms in total.